The lowest BCUT2D eigenvalue weighted by Gasteiger charge is -2.32. The molecule has 0 bridgehead atoms. The number of likely N-dealkylation sites (tertiary alicyclic amines) is 1. The van der Waals surface area contributed by atoms with E-state index in [1.807, 2.05) is 42.2 Å². The highest BCUT2D eigenvalue weighted by atomic mass is 16.5. The van der Waals surface area contributed by atoms with Crippen LogP contribution in [0.15, 0.2) is 24.3 Å². The highest BCUT2D eigenvalue weighted by Crippen LogP contribution is 2.28. The molecule has 2 N–H and O–H groups in total. The maximum Gasteiger partial charge on any atom is 0.260 e. The molecular formula is C20H30N2O4. The molecule has 0 radical (unpaired) electrons. The molecule has 6 nitrogen and oxygen atoms in total. The van der Waals surface area contributed by atoms with Gasteiger partial charge >= 0.3 is 0 Å². The molecule has 6 heteroatoms. The highest BCUT2D eigenvalue weighted by molar-refractivity contribution is 5.78. The number of nitrogens with two attached hydrogens (primary N) is 1. The molecule has 1 aromatic rings. The van der Waals surface area contributed by atoms with Crippen molar-refractivity contribution in [3.05, 3.63) is 29.8 Å². The van der Waals surface area contributed by atoms with Gasteiger partial charge in [0.1, 0.15) is 0 Å². The molecule has 0 aromatic heterocycles. The summed E-state index contributed by atoms with van der Waals surface area (Å²) in [5.74, 6) is 1.19. The van der Waals surface area contributed by atoms with Gasteiger partial charge in [0.2, 0.25) is 0 Å². The molecular weight excluding hydrogens is 332 g/mol. The van der Waals surface area contributed by atoms with Crippen molar-refractivity contribution in [2.45, 2.75) is 32.3 Å². The third-order valence-electron chi connectivity index (χ3n) is 4.39. The predicted molar refractivity (Wildman–Crippen MR) is 102 cm³/mol. The summed E-state index contributed by atoms with van der Waals surface area (Å²) in [6, 6.07) is 5.66. The maximum atomic E-state index is 12.4. The maximum absolute atomic E-state index is 12.4. The number of carbonyl (C=O) groups is 1. The molecule has 1 heterocycles. The lowest BCUT2D eigenvalue weighted by atomic mass is 10.1. The Morgan fingerprint density at radius 2 is 2.08 bits per heavy atom. The molecule has 26 heavy (non-hydrogen) atoms. The average molecular weight is 362 g/mol. The molecule has 1 fully saturated rings. The van der Waals surface area contributed by atoms with Crippen molar-refractivity contribution < 1.29 is 19.0 Å². The number of benzene rings is 1. The van der Waals surface area contributed by atoms with E-state index in [2.05, 4.69) is 0 Å². The van der Waals surface area contributed by atoms with Crippen LogP contribution in [0.3, 0.4) is 0 Å². The first kappa shape index (κ1) is 20.3. The van der Waals surface area contributed by atoms with E-state index in [9.17, 15) is 4.79 Å². The second kappa shape index (κ2) is 10.8. The minimum atomic E-state index is -0.00927. The van der Waals surface area contributed by atoms with Crippen molar-refractivity contribution in [2.75, 3.05) is 40.0 Å². The number of nitrogens with zero attached hydrogens (tertiary/aromatic N) is 1. The van der Waals surface area contributed by atoms with Crippen LogP contribution in [0.1, 0.15) is 31.7 Å². The van der Waals surface area contributed by atoms with Crippen molar-refractivity contribution in [3.63, 3.8) is 0 Å². The standard InChI is InChI=1S/C20H30N2O4/c1-3-5-16-6-7-18(19(14-16)24-2)26-15-20(23)22-11-8-17(9-12-22)25-13-4-10-21/h3,5-7,14,17H,4,8-13,15,21H2,1-2H3/b5-3+. The zero-order chi connectivity index (χ0) is 18.8. The summed E-state index contributed by atoms with van der Waals surface area (Å²) < 4.78 is 16.8. The molecule has 1 aromatic carbocycles. The molecule has 0 spiro atoms. The van der Waals surface area contributed by atoms with Crippen molar-refractivity contribution in [3.8, 4) is 11.5 Å². The Labute approximate surface area is 155 Å². The van der Waals surface area contributed by atoms with E-state index in [-0.39, 0.29) is 18.6 Å². The summed E-state index contributed by atoms with van der Waals surface area (Å²) in [5, 5.41) is 0. The number of allylic oxidation sites excluding steroid dienone is 1. The number of hydrogen-bond acceptors (Lipinski definition) is 5. The Morgan fingerprint density at radius 1 is 1.31 bits per heavy atom. The smallest absolute Gasteiger partial charge is 0.260 e. The Balaban J connectivity index is 1.80. The number of rotatable bonds is 9. The van der Waals surface area contributed by atoms with Gasteiger partial charge < -0.3 is 24.8 Å². The largest absolute Gasteiger partial charge is 0.493 e. The van der Waals surface area contributed by atoms with Gasteiger partial charge in [-0.3, -0.25) is 4.79 Å². The molecule has 2 rings (SSSR count). The summed E-state index contributed by atoms with van der Waals surface area (Å²) in [7, 11) is 1.60. The van der Waals surface area contributed by atoms with Crippen molar-refractivity contribution in [1.82, 2.24) is 4.90 Å². The van der Waals surface area contributed by atoms with Crippen molar-refractivity contribution in [2.24, 2.45) is 5.73 Å². The first-order valence-corrected chi connectivity index (χ1v) is 9.21. The fourth-order valence-electron chi connectivity index (χ4n) is 2.94. The molecule has 1 amide bonds. The molecule has 0 unspecified atom stereocenters. The van der Waals surface area contributed by atoms with Crippen LogP contribution >= 0.6 is 0 Å². The van der Waals surface area contributed by atoms with Gasteiger partial charge in [-0.05, 0) is 50.4 Å². The van der Waals surface area contributed by atoms with Gasteiger partial charge in [-0.1, -0.05) is 18.2 Å². The minimum absolute atomic E-state index is 0.00927. The Morgan fingerprint density at radius 3 is 2.73 bits per heavy atom. The van der Waals surface area contributed by atoms with Gasteiger partial charge in [0, 0.05) is 19.7 Å². The van der Waals surface area contributed by atoms with E-state index < -0.39 is 0 Å². The highest BCUT2D eigenvalue weighted by Gasteiger charge is 2.23. The van der Waals surface area contributed by atoms with Crippen LogP contribution in [0.5, 0.6) is 11.5 Å². The number of piperidine rings is 1. The monoisotopic (exact) mass is 362 g/mol. The van der Waals surface area contributed by atoms with E-state index in [1.54, 1.807) is 7.11 Å². The van der Waals surface area contributed by atoms with Crippen LogP contribution < -0.4 is 15.2 Å². The SMILES string of the molecule is C/C=C/c1ccc(OCC(=O)N2CCC(OCCCN)CC2)c(OC)c1. The molecule has 144 valence electrons. The molecule has 0 aliphatic carbocycles. The summed E-state index contributed by atoms with van der Waals surface area (Å²) in [6.45, 7) is 4.72. The van der Waals surface area contributed by atoms with Gasteiger partial charge in [-0.15, -0.1) is 0 Å². The number of carbonyl (C=O) groups excluding carboxylic acids is 1. The van der Waals surface area contributed by atoms with E-state index in [1.165, 1.54) is 0 Å². The van der Waals surface area contributed by atoms with Gasteiger partial charge in [-0.2, -0.15) is 0 Å². The zero-order valence-electron chi connectivity index (χ0n) is 15.8. The summed E-state index contributed by atoms with van der Waals surface area (Å²) in [6.07, 6.45) is 6.77. The lowest BCUT2D eigenvalue weighted by Crippen LogP contribution is -2.43. The van der Waals surface area contributed by atoms with Crippen LogP contribution in [0.25, 0.3) is 6.08 Å². The van der Waals surface area contributed by atoms with Crippen LogP contribution in [0.4, 0.5) is 0 Å². The topological polar surface area (TPSA) is 74.0 Å². The first-order chi connectivity index (χ1) is 12.7. The number of amides is 1. The second-order valence-corrected chi connectivity index (χ2v) is 6.29. The summed E-state index contributed by atoms with van der Waals surface area (Å²) in [5.41, 5.74) is 6.50. The number of hydrogen-bond donors (Lipinski definition) is 1. The molecule has 1 aliphatic rings. The van der Waals surface area contributed by atoms with Crippen LogP contribution in [-0.4, -0.2) is 56.9 Å². The second-order valence-electron chi connectivity index (χ2n) is 6.29. The van der Waals surface area contributed by atoms with E-state index in [0.29, 0.717) is 37.7 Å². The number of ether oxygens (including phenoxy) is 3. The third kappa shape index (κ3) is 6.04. The average Bonchev–Trinajstić information content (AvgIpc) is 2.67. The van der Waals surface area contributed by atoms with Crippen LogP contribution in [0.2, 0.25) is 0 Å². The van der Waals surface area contributed by atoms with Crippen molar-refractivity contribution >= 4 is 12.0 Å². The fraction of sp³-hybridized carbons (Fsp3) is 0.550. The normalized spacial score (nSPS) is 15.4. The Bertz CT molecular complexity index is 595. The predicted octanol–water partition coefficient (Wildman–Crippen LogP) is 2.46. The molecule has 1 saturated heterocycles. The minimum Gasteiger partial charge on any atom is -0.493 e. The van der Waals surface area contributed by atoms with E-state index >= 15 is 0 Å². The fourth-order valence-corrected chi connectivity index (χ4v) is 2.94. The quantitative estimate of drug-likeness (QED) is 0.683. The van der Waals surface area contributed by atoms with E-state index in [4.69, 9.17) is 19.9 Å². The van der Waals surface area contributed by atoms with Gasteiger partial charge in [-0.25, -0.2) is 0 Å². The first-order valence-electron chi connectivity index (χ1n) is 9.21. The van der Waals surface area contributed by atoms with Crippen molar-refractivity contribution in [1.29, 1.82) is 0 Å². The Hall–Kier alpha value is -2.05. The third-order valence-corrected chi connectivity index (χ3v) is 4.39. The summed E-state index contributed by atoms with van der Waals surface area (Å²) >= 11 is 0. The van der Waals surface area contributed by atoms with Gasteiger partial charge in [0.15, 0.2) is 18.1 Å². The van der Waals surface area contributed by atoms with Crippen LogP contribution in [0, 0.1) is 0 Å². The van der Waals surface area contributed by atoms with Gasteiger partial charge in [0.25, 0.3) is 5.91 Å². The lowest BCUT2D eigenvalue weighted by molar-refractivity contribution is -0.136. The van der Waals surface area contributed by atoms with Gasteiger partial charge in [0.05, 0.1) is 13.2 Å². The molecule has 0 saturated carbocycles. The molecule has 0 atom stereocenters. The van der Waals surface area contributed by atoms with Crippen LogP contribution in [-0.2, 0) is 9.53 Å². The number of methoxy groups -OCH3 is 1. The zero-order valence-corrected chi connectivity index (χ0v) is 15.8. The van der Waals surface area contributed by atoms with E-state index in [0.717, 1.165) is 24.8 Å². The molecule has 1 aliphatic heterocycles. The summed E-state index contributed by atoms with van der Waals surface area (Å²) in [4.78, 5) is 14.2. The Kier molecular flexibility index (Phi) is 8.44.